The van der Waals surface area contributed by atoms with Crippen molar-refractivity contribution < 1.29 is 24.5 Å². The second-order valence-electron chi connectivity index (χ2n) is 3.39. The summed E-state index contributed by atoms with van der Waals surface area (Å²) in [6, 6.07) is 7.12. The molecule has 0 heterocycles. The summed E-state index contributed by atoms with van der Waals surface area (Å²) in [6.45, 7) is 4.76. The highest BCUT2D eigenvalue weighted by atomic mass is 16.5. The largest absolute Gasteiger partial charge is 0.483 e. The van der Waals surface area contributed by atoms with Crippen molar-refractivity contribution in [2.75, 3.05) is 0 Å². The Bertz CT molecular complexity index is 398. The molecule has 5 nitrogen and oxygen atoms in total. The number of rotatable bonds is 4. The highest BCUT2D eigenvalue weighted by Crippen LogP contribution is 2.19. The lowest BCUT2D eigenvalue weighted by Crippen LogP contribution is -2.09. The van der Waals surface area contributed by atoms with Crippen LogP contribution in [0.1, 0.15) is 12.5 Å². The number of aliphatic hydroxyl groups excluding tert-OH is 1. The van der Waals surface area contributed by atoms with E-state index in [0.717, 1.165) is 11.6 Å². The van der Waals surface area contributed by atoms with Gasteiger partial charge in [0.25, 0.3) is 6.47 Å². The van der Waals surface area contributed by atoms with Gasteiger partial charge in [-0.25, -0.2) is 4.79 Å². The number of esters is 1. The fraction of sp³-hybridized carbons (Fsp3) is 0.231. The van der Waals surface area contributed by atoms with E-state index in [9.17, 15) is 9.90 Å². The molecule has 0 amide bonds. The summed E-state index contributed by atoms with van der Waals surface area (Å²) in [5.74, 6) is -0.0173. The maximum absolute atomic E-state index is 11.0. The van der Waals surface area contributed by atoms with Crippen molar-refractivity contribution in [1.29, 1.82) is 0 Å². The smallest absolute Gasteiger partial charge is 0.335 e. The van der Waals surface area contributed by atoms with Gasteiger partial charge >= 0.3 is 5.97 Å². The standard InChI is InChI=1S/C12H14O3.CH2O2/c1-3-12(14)15-11-7-5-4-6-10(11)8-9(2)13;2-1-3/h3-7,9,13H,1,8H2,2H3;1H,(H,2,3). The van der Waals surface area contributed by atoms with Gasteiger partial charge in [-0.2, -0.15) is 0 Å². The normalized spacial score (nSPS) is 10.6. The van der Waals surface area contributed by atoms with Gasteiger partial charge in [0.05, 0.1) is 6.10 Å². The highest BCUT2D eigenvalue weighted by molar-refractivity contribution is 5.83. The topological polar surface area (TPSA) is 83.8 Å². The van der Waals surface area contributed by atoms with Gasteiger partial charge in [0, 0.05) is 12.5 Å². The number of carboxylic acid groups (broad SMARTS) is 1. The summed E-state index contributed by atoms with van der Waals surface area (Å²) >= 11 is 0. The van der Waals surface area contributed by atoms with Crippen molar-refractivity contribution in [2.45, 2.75) is 19.4 Å². The fourth-order valence-corrected chi connectivity index (χ4v) is 1.24. The zero-order valence-corrected chi connectivity index (χ0v) is 10.1. The molecule has 0 aliphatic carbocycles. The van der Waals surface area contributed by atoms with Gasteiger partial charge in [0.15, 0.2) is 0 Å². The van der Waals surface area contributed by atoms with Crippen LogP contribution in [0.15, 0.2) is 36.9 Å². The molecule has 1 rings (SSSR count). The average molecular weight is 252 g/mol. The Balaban J connectivity index is 0.000000873. The third-order valence-corrected chi connectivity index (χ3v) is 1.87. The Morgan fingerprint density at radius 2 is 2.06 bits per heavy atom. The van der Waals surface area contributed by atoms with E-state index in [1.165, 1.54) is 0 Å². The first-order valence-corrected chi connectivity index (χ1v) is 5.23. The van der Waals surface area contributed by atoms with Crippen LogP contribution in [-0.2, 0) is 16.0 Å². The molecule has 0 saturated carbocycles. The van der Waals surface area contributed by atoms with Crippen LogP contribution >= 0.6 is 0 Å². The zero-order valence-electron chi connectivity index (χ0n) is 10.1. The lowest BCUT2D eigenvalue weighted by molar-refractivity contribution is -0.129. The summed E-state index contributed by atoms with van der Waals surface area (Å²) < 4.78 is 5.03. The first-order chi connectivity index (χ1) is 8.54. The summed E-state index contributed by atoms with van der Waals surface area (Å²) in [7, 11) is 0. The van der Waals surface area contributed by atoms with Crippen LogP contribution in [0.25, 0.3) is 0 Å². The van der Waals surface area contributed by atoms with Crippen molar-refractivity contribution in [3.63, 3.8) is 0 Å². The van der Waals surface area contributed by atoms with Crippen LogP contribution in [0, 0.1) is 0 Å². The van der Waals surface area contributed by atoms with Crippen molar-refractivity contribution in [2.24, 2.45) is 0 Å². The van der Waals surface area contributed by atoms with Crippen molar-refractivity contribution in [3.8, 4) is 5.75 Å². The molecule has 5 heteroatoms. The SMILES string of the molecule is C=CC(=O)Oc1ccccc1CC(C)O.O=CO. The molecule has 18 heavy (non-hydrogen) atoms. The first-order valence-electron chi connectivity index (χ1n) is 5.23. The van der Waals surface area contributed by atoms with Crippen LogP contribution in [0.4, 0.5) is 0 Å². The zero-order chi connectivity index (χ0) is 14.0. The minimum absolute atomic E-state index is 0.250. The number of ether oxygens (including phenoxy) is 1. The number of carbonyl (C=O) groups is 2. The third kappa shape index (κ3) is 6.44. The van der Waals surface area contributed by atoms with Crippen LogP contribution in [-0.4, -0.2) is 28.8 Å². The summed E-state index contributed by atoms with van der Waals surface area (Å²) in [4.78, 5) is 19.4. The van der Waals surface area contributed by atoms with Gasteiger partial charge in [-0.3, -0.25) is 4.79 Å². The molecule has 1 aromatic carbocycles. The summed E-state index contributed by atoms with van der Waals surface area (Å²) in [5, 5.41) is 16.1. The van der Waals surface area contributed by atoms with E-state index in [2.05, 4.69) is 6.58 Å². The molecule has 1 unspecified atom stereocenters. The Morgan fingerprint density at radius 3 is 2.56 bits per heavy atom. The fourth-order valence-electron chi connectivity index (χ4n) is 1.24. The number of hydrogen-bond acceptors (Lipinski definition) is 4. The molecule has 0 saturated heterocycles. The molecular weight excluding hydrogens is 236 g/mol. The van der Waals surface area contributed by atoms with Gasteiger partial charge in [-0.05, 0) is 18.6 Å². The molecule has 0 radical (unpaired) electrons. The Morgan fingerprint density at radius 1 is 1.50 bits per heavy atom. The number of hydrogen-bond donors (Lipinski definition) is 2. The molecule has 0 aliphatic heterocycles. The minimum Gasteiger partial charge on any atom is -0.483 e. The average Bonchev–Trinajstić information content (AvgIpc) is 2.32. The number of aliphatic hydroxyl groups is 1. The monoisotopic (exact) mass is 252 g/mol. The lowest BCUT2D eigenvalue weighted by atomic mass is 10.1. The quantitative estimate of drug-likeness (QED) is 0.366. The second kappa shape index (κ2) is 8.95. The van der Waals surface area contributed by atoms with E-state index in [0.29, 0.717) is 12.2 Å². The van der Waals surface area contributed by atoms with E-state index < -0.39 is 12.1 Å². The van der Waals surface area contributed by atoms with Crippen LogP contribution in [0.3, 0.4) is 0 Å². The highest BCUT2D eigenvalue weighted by Gasteiger charge is 2.08. The van der Waals surface area contributed by atoms with Crippen LogP contribution in [0.5, 0.6) is 5.75 Å². The van der Waals surface area contributed by atoms with Gasteiger partial charge in [-0.15, -0.1) is 0 Å². The van der Waals surface area contributed by atoms with E-state index in [1.54, 1.807) is 19.1 Å². The van der Waals surface area contributed by atoms with Gasteiger partial charge in [0.2, 0.25) is 0 Å². The predicted octanol–water partition coefficient (Wildman–Crippen LogP) is 1.40. The Labute approximate surface area is 105 Å². The van der Waals surface area contributed by atoms with E-state index in [4.69, 9.17) is 14.6 Å². The van der Waals surface area contributed by atoms with Gasteiger partial charge < -0.3 is 14.9 Å². The number of para-hydroxylation sites is 1. The first kappa shape index (κ1) is 15.9. The molecular formula is C13H16O5. The van der Waals surface area contributed by atoms with E-state index in [1.807, 2.05) is 12.1 Å². The number of carbonyl (C=O) groups excluding carboxylic acids is 1. The van der Waals surface area contributed by atoms with E-state index in [-0.39, 0.29) is 6.47 Å². The molecule has 0 bridgehead atoms. The maximum Gasteiger partial charge on any atom is 0.335 e. The molecule has 0 aromatic heterocycles. The molecule has 0 aliphatic rings. The molecule has 1 atom stereocenters. The maximum atomic E-state index is 11.0. The van der Waals surface area contributed by atoms with Crippen molar-refractivity contribution in [1.82, 2.24) is 0 Å². The molecule has 1 aromatic rings. The predicted molar refractivity (Wildman–Crippen MR) is 66.4 cm³/mol. The second-order valence-corrected chi connectivity index (χ2v) is 3.39. The van der Waals surface area contributed by atoms with Crippen molar-refractivity contribution >= 4 is 12.4 Å². The molecule has 2 N–H and O–H groups in total. The Hall–Kier alpha value is -2.14. The van der Waals surface area contributed by atoms with Crippen LogP contribution in [0.2, 0.25) is 0 Å². The summed E-state index contributed by atoms with van der Waals surface area (Å²) in [5.41, 5.74) is 0.808. The van der Waals surface area contributed by atoms with E-state index >= 15 is 0 Å². The summed E-state index contributed by atoms with van der Waals surface area (Å²) in [6.07, 6.45) is 1.10. The molecule has 0 fully saturated rings. The van der Waals surface area contributed by atoms with Gasteiger partial charge in [-0.1, -0.05) is 24.8 Å². The van der Waals surface area contributed by atoms with Gasteiger partial charge in [0.1, 0.15) is 5.75 Å². The van der Waals surface area contributed by atoms with Crippen molar-refractivity contribution in [3.05, 3.63) is 42.5 Å². The Kier molecular flexibility index (Phi) is 7.89. The minimum atomic E-state index is -0.493. The number of benzene rings is 1. The molecule has 0 spiro atoms. The van der Waals surface area contributed by atoms with Crippen LogP contribution < -0.4 is 4.74 Å². The third-order valence-electron chi connectivity index (χ3n) is 1.87. The lowest BCUT2D eigenvalue weighted by Gasteiger charge is -2.09. The molecule has 98 valence electrons.